The summed E-state index contributed by atoms with van der Waals surface area (Å²) >= 11 is 1.44. The topological polar surface area (TPSA) is 104 Å². The fraction of sp³-hybridized carbons (Fsp3) is 0.0455. The largest absolute Gasteiger partial charge is 0.478 e. The lowest BCUT2D eigenvalue weighted by Gasteiger charge is -2.09. The van der Waals surface area contributed by atoms with E-state index in [4.69, 9.17) is 5.11 Å². The highest BCUT2D eigenvalue weighted by molar-refractivity contribution is 7.98. The number of aromatic carboxylic acids is 2. The van der Waals surface area contributed by atoms with Crippen molar-refractivity contribution in [3.8, 4) is 0 Å². The number of hydrogen-bond acceptors (Lipinski definition) is 4. The molecule has 0 heterocycles. The molecular weight excluding hydrogens is 409 g/mol. The first kappa shape index (κ1) is 21.1. The summed E-state index contributed by atoms with van der Waals surface area (Å²) in [4.78, 5) is 35.8. The molecular formula is C22H16FNO5S. The van der Waals surface area contributed by atoms with Crippen molar-refractivity contribution < 1.29 is 29.0 Å². The molecule has 0 atom stereocenters. The van der Waals surface area contributed by atoms with Crippen molar-refractivity contribution in [2.45, 2.75) is 10.6 Å². The summed E-state index contributed by atoms with van der Waals surface area (Å²) in [5, 5.41) is 20.9. The highest BCUT2D eigenvalue weighted by atomic mass is 32.2. The molecule has 0 spiro atoms. The molecule has 8 heteroatoms. The quantitative estimate of drug-likeness (QED) is 0.471. The van der Waals surface area contributed by atoms with Crippen LogP contribution in [-0.2, 0) is 5.75 Å². The van der Waals surface area contributed by atoms with Gasteiger partial charge in [-0.2, -0.15) is 0 Å². The van der Waals surface area contributed by atoms with E-state index in [9.17, 15) is 23.9 Å². The lowest BCUT2D eigenvalue weighted by molar-refractivity contribution is 0.0692. The normalized spacial score (nSPS) is 10.4. The Kier molecular flexibility index (Phi) is 6.48. The summed E-state index contributed by atoms with van der Waals surface area (Å²) in [5.41, 5.74) is 0.259. The molecule has 0 aromatic heterocycles. The monoisotopic (exact) mass is 425 g/mol. The van der Waals surface area contributed by atoms with E-state index in [0.717, 1.165) is 11.0 Å². The van der Waals surface area contributed by atoms with Gasteiger partial charge in [0.05, 0.1) is 16.7 Å². The molecule has 3 rings (SSSR count). The Balaban J connectivity index is 1.69. The second-order valence-electron chi connectivity index (χ2n) is 6.23. The zero-order valence-corrected chi connectivity index (χ0v) is 16.3. The van der Waals surface area contributed by atoms with E-state index >= 15 is 0 Å². The van der Waals surface area contributed by atoms with Crippen LogP contribution in [0.1, 0.15) is 36.6 Å². The van der Waals surface area contributed by atoms with E-state index in [1.807, 2.05) is 0 Å². The van der Waals surface area contributed by atoms with Crippen LogP contribution >= 0.6 is 11.8 Å². The Morgan fingerprint density at radius 3 is 2.20 bits per heavy atom. The minimum Gasteiger partial charge on any atom is -0.478 e. The molecule has 0 bridgehead atoms. The fourth-order valence-corrected chi connectivity index (χ4v) is 3.55. The van der Waals surface area contributed by atoms with Crippen molar-refractivity contribution in [3.05, 3.63) is 94.8 Å². The van der Waals surface area contributed by atoms with Crippen molar-refractivity contribution in [2.75, 3.05) is 5.32 Å². The molecule has 0 unspecified atom stereocenters. The molecule has 0 aliphatic carbocycles. The van der Waals surface area contributed by atoms with E-state index < -0.39 is 23.4 Å². The van der Waals surface area contributed by atoms with Gasteiger partial charge in [0.2, 0.25) is 0 Å². The van der Waals surface area contributed by atoms with Crippen molar-refractivity contribution in [1.29, 1.82) is 0 Å². The number of thioether (sulfide) groups is 1. The van der Waals surface area contributed by atoms with Gasteiger partial charge in [0.25, 0.3) is 5.91 Å². The van der Waals surface area contributed by atoms with Gasteiger partial charge >= 0.3 is 11.9 Å². The molecule has 0 radical (unpaired) electrons. The number of carbonyl (C=O) groups is 3. The predicted octanol–water partition coefficient (Wildman–Crippen LogP) is 4.77. The third-order valence-electron chi connectivity index (χ3n) is 4.21. The fourth-order valence-electron chi connectivity index (χ4n) is 2.66. The number of carbonyl (C=O) groups excluding carboxylic acids is 1. The van der Waals surface area contributed by atoms with Crippen LogP contribution in [0.15, 0.2) is 71.6 Å². The maximum atomic E-state index is 13.7. The van der Waals surface area contributed by atoms with Gasteiger partial charge in [0.15, 0.2) is 0 Å². The van der Waals surface area contributed by atoms with Crippen LogP contribution < -0.4 is 5.32 Å². The van der Waals surface area contributed by atoms with Gasteiger partial charge in [-0.25, -0.2) is 14.0 Å². The molecule has 0 saturated heterocycles. The second-order valence-corrected chi connectivity index (χ2v) is 7.28. The summed E-state index contributed by atoms with van der Waals surface area (Å²) in [6.45, 7) is 0. The maximum absolute atomic E-state index is 13.7. The van der Waals surface area contributed by atoms with Gasteiger partial charge in [-0.05, 0) is 54.1 Å². The van der Waals surface area contributed by atoms with Crippen LogP contribution in [0.3, 0.4) is 0 Å². The number of anilines is 1. The number of rotatable bonds is 7. The molecule has 152 valence electrons. The zero-order valence-electron chi connectivity index (χ0n) is 15.5. The Bertz CT molecular complexity index is 1110. The lowest BCUT2D eigenvalue weighted by atomic mass is 10.0. The molecule has 3 N–H and O–H groups in total. The van der Waals surface area contributed by atoms with Crippen molar-refractivity contribution in [2.24, 2.45) is 0 Å². The minimum absolute atomic E-state index is 0.148. The van der Waals surface area contributed by atoms with Crippen LogP contribution in [-0.4, -0.2) is 28.1 Å². The number of benzene rings is 3. The predicted molar refractivity (Wildman–Crippen MR) is 111 cm³/mol. The third-order valence-corrected chi connectivity index (χ3v) is 5.27. The first-order valence-electron chi connectivity index (χ1n) is 8.73. The van der Waals surface area contributed by atoms with Gasteiger partial charge in [0.1, 0.15) is 5.82 Å². The van der Waals surface area contributed by atoms with Gasteiger partial charge in [-0.15, -0.1) is 11.8 Å². The Labute approximate surface area is 175 Å². The summed E-state index contributed by atoms with van der Waals surface area (Å²) < 4.78 is 13.7. The number of carboxylic acid groups (broad SMARTS) is 2. The van der Waals surface area contributed by atoms with Gasteiger partial charge in [-0.3, -0.25) is 4.79 Å². The number of amides is 1. The molecule has 1 amide bonds. The molecule has 6 nitrogen and oxygen atoms in total. The van der Waals surface area contributed by atoms with E-state index in [2.05, 4.69) is 5.32 Å². The smallest absolute Gasteiger partial charge is 0.336 e. The molecule has 0 aliphatic rings. The highest BCUT2D eigenvalue weighted by Gasteiger charge is 2.19. The summed E-state index contributed by atoms with van der Waals surface area (Å²) in [6, 6.07) is 16.6. The maximum Gasteiger partial charge on any atom is 0.336 e. The summed E-state index contributed by atoms with van der Waals surface area (Å²) in [5.74, 6) is -3.17. The van der Waals surface area contributed by atoms with Gasteiger partial charge in [-0.1, -0.05) is 18.2 Å². The molecule has 0 saturated carbocycles. The average molecular weight is 425 g/mol. The molecule has 3 aromatic rings. The first-order valence-corrected chi connectivity index (χ1v) is 9.72. The Morgan fingerprint density at radius 2 is 1.57 bits per heavy atom. The Morgan fingerprint density at radius 1 is 0.867 bits per heavy atom. The molecule has 30 heavy (non-hydrogen) atoms. The highest BCUT2D eigenvalue weighted by Crippen LogP contribution is 2.25. The van der Waals surface area contributed by atoms with Crippen LogP contribution in [0.4, 0.5) is 10.1 Å². The van der Waals surface area contributed by atoms with Crippen molar-refractivity contribution in [3.63, 3.8) is 0 Å². The second kappa shape index (κ2) is 9.23. The van der Waals surface area contributed by atoms with E-state index in [1.165, 1.54) is 30.0 Å². The minimum atomic E-state index is -1.40. The summed E-state index contributed by atoms with van der Waals surface area (Å²) in [6.07, 6.45) is 0. The summed E-state index contributed by atoms with van der Waals surface area (Å²) in [7, 11) is 0. The average Bonchev–Trinajstić information content (AvgIpc) is 2.73. The van der Waals surface area contributed by atoms with E-state index in [0.29, 0.717) is 17.0 Å². The van der Waals surface area contributed by atoms with Gasteiger partial charge in [0, 0.05) is 16.3 Å². The van der Waals surface area contributed by atoms with Crippen LogP contribution in [0.2, 0.25) is 0 Å². The van der Waals surface area contributed by atoms with Gasteiger partial charge < -0.3 is 15.5 Å². The van der Waals surface area contributed by atoms with Crippen molar-refractivity contribution >= 4 is 35.3 Å². The van der Waals surface area contributed by atoms with Crippen molar-refractivity contribution in [1.82, 2.24) is 0 Å². The number of hydrogen-bond donors (Lipinski definition) is 3. The Hall–Kier alpha value is -3.65. The number of carboxylic acids is 2. The number of nitrogens with one attached hydrogen (secondary N) is 1. The molecule has 0 aliphatic heterocycles. The van der Waals surface area contributed by atoms with E-state index in [-0.39, 0.29) is 16.9 Å². The van der Waals surface area contributed by atoms with Crippen LogP contribution in [0.25, 0.3) is 0 Å². The van der Waals surface area contributed by atoms with Crippen LogP contribution in [0.5, 0.6) is 0 Å². The molecule has 0 fully saturated rings. The zero-order chi connectivity index (χ0) is 21.7. The lowest BCUT2D eigenvalue weighted by Crippen LogP contribution is -2.17. The van der Waals surface area contributed by atoms with E-state index in [1.54, 1.807) is 42.5 Å². The SMILES string of the molecule is O=C(O)c1ccc(C(=O)Nc2ccc(SCc3ccccc3F)cc2)c(C(=O)O)c1. The van der Waals surface area contributed by atoms with Crippen LogP contribution in [0, 0.1) is 5.82 Å². The third kappa shape index (κ3) is 5.03. The number of halogens is 1. The first-order chi connectivity index (χ1) is 14.3. The standard InChI is InChI=1S/C22H16FNO5S/c23-19-4-2-1-3-14(19)12-30-16-8-6-15(7-9-16)24-20(25)17-10-5-13(21(26)27)11-18(17)22(28)29/h1-11H,12H2,(H,24,25)(H,26,27)(H,28,29). The molecule has 3 aromatic carbocycles.